The third-order valence-electron chi connectivity index (χ3n) is 4.13. The maximum atomic E-state index is 5.03. The molecular weight excluding hydrogens is 252 g/mol. The normalized spacial score (nSPS) is 24.7. The summed E-state index contributed by atoms with van der Waals surface area (Å²) < 4.78 is 0. The van der Waals surface area contributed by atoms with Gasteiger partial charge in [-0.15, -0.1) is 11.3 Å². The van der Waals surface area contributed by atoms with E-state index in [4.69, 9.17) is 4.98 Å². The average Bonchev–Trinajstić information content (AvgIpc) is 2.74. The first-order valence-electron chi connectivity index (χ1n) is 7.56. The predicted molar refractivity (Wildman–Crippen MR) is 84.0 cm³/mol. The van der Waals surface area contributed by atoms with E-state index in [1.807, 2.05) is 18.4 Å². The molecule has 0 amide bonds. The second-order valence-corrected chi connectivity index (χ2v) is 8.18. The lowest BCUT2D eigenvalue weighted by Crippen LogP contribution is -2.17. The summed E-state index contributed by atoms with van der Waals surface area (Å²) in [5, 5.41) is 4.68. The lowest BCUT2D eigenvalue weighted by molar-refractivity contribution is 0.346. The molecule has 0 unspecified atom stereocenters. The lowest BCUT2D eigenvalue weighted by Gasteiger charge is -2.24. The molecule has 0 aliphatic heterocycles. The zero-order chi connectivity index (χ0) is 14.0. The van der Waals surface area contributed by atoms with Crippen LogP contribution in [0, 0.1) is 5.92 Å². The molecule has 1 N–H and O–H groups in total. The van der Waals surface area contributed by atoms with Crippen LogP contribution in [0.3, 0.4) is 0 Å². The Hall–Kier alpha value is -0.410. The smallest absolute Gasteiger partial charge is 0.0962 e. The number of aromatic nitrogens is 1. The van der Waals surface area contributed by atoms with Crippen LogP contribution in [0.15, 0.2) is 0 Å². The molecule has 3 heteroatoms. The zero-order valence-corrected chi connectivity index (χ0v) is 13.9. The Morgan fingerprint density at radius 3 is 2.37 bits per heavy atom. The molecule has 1 fully saturated rings. The van der Waals surface area contributed by atoms with Gasteiger partial charge < -0.3 is 5.32 Å². The van der Waals surface area contributed by atoms with Gasteiger partial charge in [0.1, 0.15) is 0 Å². The Bertz CT molecular complexity index is 409. The summed E-state index contributed by atoms with van der Waals surface area (Å²) in [4.78, 5) is 6.46. The fraction of sp³-hybridized carbons (Fsp3) is 0.812. The van der Waals surface area contributed by atoms with Crippen LogP contribution < -0.4 is 5.32 Å². The highest BCUT2D eigenvalue weighted by atomic mass is 32.1. The van der Waals surface area contributed by atoms with Gasteiger partial charge in [0.15, 0.2) is 0 Å². The number of nitrogens with one attached hydrogen (secondary N) is 1. The van der Waals surface area contributed by atoms with E-state index < -0.39 is 0 Å². The van der Waals surface area contributed by atoms with Crippen LogP contribution in [-0.4, -0.2) is 12.0 Å². The van der Waals surface area contributed by atoms with E-state index in [9.17, 15) is 0 Å². The molecule has 19 heavy (non-hydrogen) atoms. The maximum absolute atomic E-state index is 5.03. The molecule has 0 atom stereocenters. The fourth-order valence-electron chi connectivity index (χ4n) is 2.92. The van der Waals surface area contributed by atoms with Gasteiger partial charge in [0.2, 0.25) is 0 Å². The van der Waals surface area contributed by atoms with Crippen molar-refractivity contribution in [3.8, 4) is 0 Å². The molecule has 1 aliphatic rings. The molecule has 1 aromatic heterocycles. The zero-order valence-electron chi connectivity index (χ0n) is 13.0. The summed E-state index contributed by atoms with van der Waals surface area (Å²) in [6, 6.07) is 0. The maximum Gasteiger partial charge on any atom is 0.0962 e. The van der Waals surface area contributed by atoms with Crippen LogP contribution in [0.1, 0.15) is 74.9 Å². The first-order valence-corrected chi connectivity index (χ1v) is 8.38. The van der Waals surface area contributed by atoms with E-state index in [1.54, 1.807) is 0 Å². The molecular formula is C16H28N2S. The molecule has 0 spiro atoms. The number of rotatable bonds is 3. The van der Waals surface area contributed by atoms with E-state index in [0.717, 1.165) is 12.5 Å². The first kappa shape index (κ1) is 15.0. The second-order valence-electron chi connectivity index (χ2n) is 7.06. The van der Waals surface area contributed by atoms with Crippen LogP contribution >= 0.6 is 11.3 Å². The van der Waals surface area contributed by atoms with Gasteiger partial charge in [-0.2, -0.15) is 0 Å². The van der Waals surface area contributed by atoms with Crippen molar-refractivity contribution >= 4 is 11.3 Å². The summed E-state index contributed by atoms with van der Waals surface area (Å²) >= 11 is 1.95. The van der Waals surface area contributed by atoms with Crippen LogP contribution in [0.4, 0.5) is 0 Å². The van der Waals surface area contributed by atoms with Crippen molar-refractivity contribution in [2.75, 3.05) is 7.05 Å². The Kier molecular flexibility index (Phi) is 4.67. The molecule has 0 radical (unpaired) electrons. The van der Waals surface area contributed by atoms with Crippen molar-refractivity contribution < 1.29 is 0 Å². The highest BCUT2D eigenvalue weighted by Crippen LogP contribution is 2.40. The Balaban J connectivity index is 2.22. The second kappa shape index (κ2) is 5.92. The highest BCUT2D eigenvalue weighted by molar-refractivity contribution is 7.11. The van der Waals surface area contributed by atoms with Crippen molar-refractivity contribution in [3.05, 3.63) is 15.6 Å². The topological polar surface area (TPSA) is 24.9 Å². The largest absolute Gasteiger partial charge is 0.315 e. The molecule has 0 aromatic carbocycles. The van der Waals surface area contributed by atoms with Crippen molar-refractivity contribution in [2.45, 2.75) is 71.3 Å². The standard InChI is InChI=1S/C16H28N2S/c1-11-6-8-12(9-7-11)15-18-14(16(2,3)4)13(19-15)10-17-5/h11-12,17H,6-10H2,1-5H3. The van der Waals surface area contributed by atoms with Crippen LogP contribution in [0.2, 0.25) is 0 Å². The van der Waals surface area contributed by atoms with Gasteiger partial charge in [-0.25, -0.2) is 4.98 Å². The fourth-order valence-corrected chi connectivity index (χ4v) is 4.37. The quantitative estimate of drug-likeness (QED) is 0.884. The Labute approximate surface area is 122 Å². The van der Waals surface area contributed by atoms with Crippen molar-refractivity contribution in [1.29, 1.82) is 0 Å². The van der Waals surface area contributed by atoms with Crippen molar-refractivity contribution in [2.24, 2.45) is 5.92 Å². The summed E-state index contributed by atoms with van der Waals surface area (Å²) in [5.41, 5.74) is 1.46. The van der Waals surface area contributed by atoms with Gasteiger partial charge in [-0.05, 0) is 25.8 Å². The van der Waals surface area contributed by atoms with Crippen molar-refractivity contribution in [1.82, 2.24) is 10.3 Å². The van der Waals surface area contributed by atoms with E-state index in [1.165, 1.54) is 41.3 Å². The molecule has 1 aliphatic carbocycles. The molecule has 1 aromatic rings. The molecule has 1 saturated carbocycles. The summed E-state index contributed by atoms with van der Waals surface area (Å²) in [6.45, 7) is 10.1. The monoisotopic (exact) mass is 280 g/mol. The molecule has 2 nitrogen and oxygen atoms in total. The number of thiazole rings is 1. The molecule has 108 valence electrons. The first-order chi connectivity index (χ1) is 8.91. The Morgan fingerprint density at radius 2 is 1.84 bits per heavy atom. The minimum atomic E-state index is 0.156. The number of hydrogen-bond acceptors (Lipinski definition) is 3. The number of nitrogens with zero attached hydrogens (tertiary/aromatic N) is 1. The van der Waals surface area contributed by atoms with Gasteiger partial charge >= 0.3 is 0 Å². The van der Waals surface area contributed by atoms with Gasteiger partial charge in [-0.3, -0.25) is 0 Å². The number of hydrogen-bond donors (Lipinski definition) is 1. The third-order valence-corrected chi connectivity index (χ3v) is 5.34. The molecule has 1 heterocycles. The van der Waals surface area contributed by atoms with Crippen LogP contribution in [0.5, 0.6) is 0 Å². The van der Waals surface area contributed by atoms with E-state index in [2.05, 4.69) is 33.0 Å². The van der Waals surface area contributed by atoms with E-state index >= 15 is 0 Å². The van der Waals surface area contributed by atoms with E-state index in [0.29, 0.717) is 5.92 Å². The summed E-state index contributed by atoms with van der Waals surface area (Å²) in [7, 11) is 2.02. The van der Waals surface area contributed by atoms with Crippen LogP contribution in [0.25, 0.3) is 0 Å². The van der Waals surface area contributed by atoms with Gasteiger partial charge in [0, 0.05) is 22.8 Å². The summed E-state index contributed by atoms with van der Waals surface area (Å²) in [6.07, 6.45) is 5.40. The molecule has 0 saturated heterocycles. The Morgan fingerprint density at radius 1 is 1.21 bits per heavy atom. The molecule has 2 rings (SSSR count). The minimum Gasteiger partial charge on any atom is -0.315 e. The lowest BCUT2D eigenvalue weighted by atomic mass is 9.83. The van der Waals surface area contributed by atoms with Crippen LogP contribution in [-0.2, 0) is 12.0 Å². The van der Waals surface area contributed by atoms with Gasteiger partial charge in [0.25, 0.3) is 0 Å². The third kappa shape index (κ3) is 3.57. The predicted octanol–water partition coefficient (Wildman–Crippen LogP) is 4.45. The van der Waals surface area contributed by atoms with Gasteiger partial charge in [-0.1, -0.05) is 40.5 Å². The SMILES string of the molecule is CNCc1sc(C2CCC(C)CC2)nc1C(C)(C)C. The van der Waals surface area contributed by atoms with E-state index in [-0.39, 0.29) is 5.41 Å². The van der Waals surface area contributed by atoms with Gasteiger partial charge in [0.05, 0.1) is 10.7 Å². The summed E-state index contributed by atoms with van der Waals surface area (Å²) in [5.74, 6) is 1.63. The van der Waals surface area contributed by atoms with Crippen molar-refractivity contribution in [3.63, 3.8) is 0 Å². The highest BCUT2D eigenvalue weighted by Gasteiger charge is 2.27. The molecule has 0 bridgehead atoms. The minimum absolute atomic E-state index is 0.156. The average molecular weight is 280 g/mol.